The highest BCUT2D eigenvalue weighted by Crippen LogP contribution is 2.15. The first-order valence-corrected chi connectivity index (χ1v) is 6.34. The van der Waals surface area contributed by atoms with Crippen LogP contribution in [0, 0.1) is 5.82 Å². The molecule has 0 unspecified atom stereocenters. The van der Waals surface area contributed by atoms with Gasteiger partial charge in [-0.25, -0.2) is 4.39 Å². The molecule has 19 heavy (non-hydrogen) atoms. The molecule has 0 aliphatic heterocycles. The van der Waals surface area contributed by atoms with Crippen LogP contribution < -0.4 is 5.73 Å². The lowest BCUT2D eigenvalue weighted by Gasteiger charge is -2.21. The van der Waals surface area contributed by atoms with E-state index in [-0.39, 0.29) is 5.82 Å². The zero-order chi connectivity index (χ0) is 13.7. The van der Waals surface area contributed by atoms with Crippen LogP contribution in [0.1, 0.15) is 18.1 Å². The number of nitrogens with zero attached hydrogens (tertiary/aromatic N) is 2. The Hall–Kier alpha value is -1.94. The van der Waals surface area contributed by atoms with E-state index < -0.39 is 0 Å². The van der Waals surface area contributed by atoms with Crippen molar-refractivity contribution in [3.05, 3.63) is 59.7 Å². The number of halogens is 1. The minimum atomic E-state index is -0.242. The van der Waals surface area contributed by atoms with Crippen LogP contribution in [-0.2, 0) is 13.1 Å². The van der Waals surface area contributed by atoms with Gasteiger partial charge in [0.25, 0.3) is 0 Å². The Labute approximate surface area is 112 Å². The van der Waals surface area contributed by atoms with Crippen molar-refractivity contribution < 1.29 is 4.39 Å². The van der Waals surface area contributed by atoms with Crippen molar-refractivity contribution in [2.45, 2.75) is 20.0 Å². The number of hydrogen-bond donors (Lipinski definition) is 1. The lowest BCUT2D eigenvalue weighted by atomic mass is 10.1. The zero-order valence-electron chi connectivity index (χ0n) is 11.0. The summed E-state index contributed by atoms with van der Waals surface area (Å²) in [4.78, 5) is 6.16. The first-order chi connectivity index (χ1) is 9.19. The van der Waals surface area contributed by atoms with Gasteiger partial charge < -0.3 is 5.73 Å². The summed E-state index contributed by atoms with van der Waals surface area (Å²) in [6, 6.07) is 8.80. The van der Waals surface area contributed by atoms with Gasteiger partial charge in [0.15, 0.2) is 0 Å². The standard InChI is InChI=1S/C15H18FN3/c1-2-19(10-12-5-7-18-8-6-12)11-13-3-4-14(17)9-15(13)16/h3-9H,2,10-11,17H2,1H3. The van der Waals surface area contributed by atoms with Crippen molar-refractivity contribution in [2.75, 3.05) is 12.3 Å². The Morgan fingerprint density at radius 3 is 2.53 bits per heavy atom. The summed E-state index contributed by atoms with van der Waals surface area (Å²) in [6.45, 7) is 4.27. The molecule has 0 bridgehead atoms. The molecule has 1 aromatic carbocycles. The largest absolute Gasteiger partial charge is 0.399 e. The topological polar surface area (TPSA) is 42.2 Å². The van der Waals surface area contributed by atoms with Gasteiger partial charge in [0.2, 0.25) is 0 Å². The van der Waals surface area contributed by atoms with Crippen molar-refractivity contribution in [1.82, 2.24) is 9.88 Å². The van der Waals surface area contributed by atoms with Gasteiger partial charge in [0.1, 0.15) is 5.82 Å². The highest BCUT2D eigenvalue weighted by molar-refractivity contribution is 5.40. The van der Waals surface area contributed by atoms with Crippen molar-refractivity contribution in [3.8, 4) is 0 Å². The van der Waals surface area contributed by atoms with Crippen LogP contribution in [0.5, 0.6) is 0 Å². The highest BCUT2D eigenvalue weighted by atomic mass is 19.1. The van der Waals surface area contributed by atoms with Crippen LogP contribution in [0.2, 0.25) is 0 Å². The van der Waals surface area contributed by atoms with E-state index in [0.717, 1.165) is 13.1 Å². The molecule has 3 nitrogen and oxygen atoms in total. The fourth-order valence-electron chi connectivity index (χ4n) is 1.96. The van der Waals surface area contributed by atoms with Crippen LogP contribution in [0.25, 0.3) is 0 Å². The minimum absolute atomic E-state index is 0.242. The van der Waals surface area contributed by atoms with Gasteiger partial charge in [-0.15, -0.1) is 0 Å². The van der Waals surface area contributed by atoms with Gasteiger partial charge in [0.05, 0.1) is 0 Å². The first-order valence-electron chi connectivity index (χ1n) is 6.34. The average Bonchev–Trinajstić information content (AvgIpc) is 2.42. The monoisotopic (exact) mass is 259 g/mol. The molecule has 0 fully saturated rings. The SMILES string of the molecule is CCN(Cc1ccncc1)Cc1ccc(N)cc1F. The maximum atomic E-state index is 13.8. The van der Waals surface area contributed by atoms with Crippen molar-refractivity contribution in [2.24, 2.45) is 0 Å². The fourth-order valence-corrected chi connectivity index (χ4v) is 1.96. The summed E-state index contributed by atoms with van der Waals surface area (Å²) in [5, 5.41) is 0. The molecular formula is C15H18FN3. The first kappa shape index (κ1) is 13.5. The van der Waals surface area contributed by atoms with Gasteiger partial charge in [-0.1, -0.05) is 13.0 Å². The minimum Gasteiger partial charge on any atom is -0.399 e. The van der Waals surface area contributed by atoms with E-state index in [4.69, 9.17) is 5.73 Å². The smallest absolute Gasteiger partial charge is 0.129 e. The number of benzene rings is 1. The van der Waals surface area contributed by atoms with E-state index in [0.29, 0.717) is 17.8 Å². The molecule has 0 saturated heterocycles. The van der Waals surface area contributed by atoms with E-state index in [1.807, 2.05) is 12.1 Å². The van der Waals surface area contributed by atoms with Gasteiger partial charge >= 0.3 is 0 Å². The van der Waals surface area contributed by atoms with Gasteiger partial charge in [0, 0.05) is 36.7 Å². The summed E-state index contributed by atoms with van der Waals surface area (Å²) in [6.07, 6.45) is 3.54. The molecule has 0 spiro atoms. The Balaban J connectivity index is 2.06. The van der Waals surface area contributed by atoms with E-state index in [9.17, 15) is 4.39 Å². The number of nitrogens with two attached hydrogens (primary N) is 1. The summed E-state index contributed by atoms with van der Waals surface area (Å²) in [5.41, 5.74) is 7.86. The number of pyridine rings is 1. The fraction of sp³-hybridized carbons (Fsp3) is 0.267. The summed E-state index contributed by atoms with van der Waals surface area (Å²) < 4.78 is 13.8. The average molecular weight is 259 g/mol. The third-order valence-electron chi connectivity index (χ3n) is 3.07. The molecule has 1 aromatic heterocycles. The van der Waals surface area contributed by atoms with Crippen LogP contribution >= 0.6 is 0 Å². The van der Waals surface area contributed by atoms with Gasteiger partial charge in [-0.2, -0.15) is 0 Å². The van der Waals surface area contributed by atoms with E-state index in [2.05, 4.69) is 16.8 Å². The van der Waals surface area contributed by atoms with Crippen molar-refractivity contribution in [1.29, 1.82) is 0 Å². The molecule has 0 radical (unpaired) electrons. The maximum absolute atomic E-state index is 13.8. The molecule has 2 aromatic rings. The molecule has 0 amide bonds. The molecule has 1 heterocycles. The van der Waals surface area contributed by atoms with Crippen LogP contribution in [-0.4, -0.2) is 16.4 Å². The second kappa shape index (κ2) is 6.29. The second-order valence-electron chi connectivity index (χ2n) is 4.51. The molecular weight excluding hydrogens is 241 g/mol. The predicted octanol–water partition coefficient (Wildman–Crippen LogP) is 2.83. The van der Waals surface area contributed by atoms with Gasteiger partial charge in [-0.05, 0) is 36.4 Å². The molecule has 0 aliphatic carbocycles. The predicted molar refractivity (Wildman–Crippen MR) is 74.8 cm³/mol. The molecule has 4 heteroatoms. The Bertz CT molecular complexity index is 528. The number of rotatable bonds is 5. The molecule has 2 rings (SSSR count). The van der Waals surface area contributed by atoms with E-state index >= 15 is 0 Å². The highest BCUT2D eigenvalue weighted by Gasteiger charge is 2.08. The molecule has 0 aliphatic rings. The van der Waals surface area contributed by atoms with E-state index in [1.54, 1.807) is 24.5 Å². The summed E-state index contributed by atoms with van der Waals surface area (Å²) in [5.74, 6) is -0.242. The number of anilines is 1. The van der Waals surface area contributed by atoms with E-state index in [1.165, 1.54) is 11.6 Å². The zero-order valence-corrected chi connectivity index (χ0v) is 11.0. The number of hydrogen-bond acceptors (Lipinski definition) is 3. The Kier molecular flexibility index (Phi) is 4.47. The molecule has 0 saturated carbocycles. The third kappa shape index (κ3) is 3.76. The summed E-state index contributed by atoms with van der Waals surface area (Å²) >= 11 is 0. The Morgan fingerprint density at radius 1 is 1.16 bits per heavy atom. The van der Waals surface area contributed by atoms with Crippen molar-refractivity contribution in [3.63, 3.8) is 0 Å². The normalized spacial score (nSPS) is 10.9. The molecule has 100 valence electrons. The second-order valence-corrected chi connectivity index (χ2v) is 4.51. The number of nitrogen functional groups attached to an aromatic ring is 1. The lowest BCUT2D eigenvalue weighted by molar-refractivity contribution is 0.267. The molecule has 0 atom stereocenters. The van der Waals surface area contributed by atoms with Crippen molar-refractivity contribution >= 4 is 5.69 Å². The van der Waals surface area contributed by atoms with Gasteiger partial charge in [-0.3, -0.25) is 9.88 Å². The third-order valence-corrected chi connectivity index (χ3v) is 3.07. The summed E-state index contributed by atoms with van der Waals surface area (Å²) in [7, 11) is 0. The van der Waals surface area contributed by atoms with Crippen LogP contribution in [0.4, 0.5) is 10.1 Å². The Morgan fingerprint density at radius 2 is 1.89 bits per heavy atom. The number of aromatic nitrogens is 1. The van der Waals surface area contributed by atoms with Crippen LogP contribution in [0.15, 0.2) is 42.7 Å². The molecule has 2 N–H and O–H groups in total. The lowest BCUT2D eigenvalue weighted by Crippen LogP contribution is -2.22. The maximum Gasteiger partial charge on any atom is 0.129 e. The van der Waals surface area contributed by atoms with Crippen LogP contribution in [0.3, 0.4) is 0 Å². The quantitative estimate of drug-likeness (QED) is 0.840.